The number of rotatable bonds is 8. The van der Waals surface area contributed by atoms with E-state index in [0.29, 0.717) is 30.8 Å². The van der Waals surface area contributed by atoms with Crippen LogP contribution in [0, 0.1) is 0 Å². The molecule has 0 spiro atoms. The Morgan fingerprint density at radius 1 is 1.11 bits per heavy atom. The topological polar surface area (TPSA) is 90.6 Å². The Morgan fingerprint density at radius 3 is 2.63 bits per heavy atom. The molecule has 0 radical (unpaired) electrons. The second kappa shape index (κ2) is 10.7. The van der Waals surface area contributed by atoms with Gasteiger partial charge in [0, 0.05) is 12.2 Å². The van der Waals surface area contributed by atoms with Gasteiger partial charge < -0.3 is 20.5 Å². The number of carbonyl (C=O) groups excluding carboxylic acids is 2. The van der Waals surface area contributed by atoms with Crippen LogP contribution < -0.4 is 11.1 Å². The van der Waals surface area contributed by atoms with E-state index in [1.54, 1.807) is 25.1 Å². The standard InChI is InChI=1S/C21H24N2O4/c1-2-26-20(24)18-11-12-19(22)17(14-18)10-6-7-13-23-21(25)27-15-16-8-4-3-5-9-16/h3-6,8-12,14H,2,7,13,15,22H2,1H3,(H,23,25). The Labute approximate surface area is 159 Å². The lowest BCUT2D eigenvalue weighted by Gasteiger charge is -2.06. The highest BCUT2D eigenvalue weighted by Crippen LogP contribution is 2.17. The van der Waals surface area contributed by atoms with Crippen molar-refractivity contribution in [2.45, 2.75) is 20.0 Å². The lowest BCUT2D eigenvalue weighted by molar-refractivity contribution is 0.0526. The highest BCUT2D eigenvalue weighted by molar-refractivity contribution is 5.91. The Hall–Kier alpha value is -3.28. The van der Waals surface area contributed by atoms with Gasteiger partial charge in [-0.2, -0.15) is 0 Å². The van der Waals surface area contributed by atoms with Crippen LogP contribution in [0.5, 0.6) is 0 Å². The zero-order valence-corrected chi connectivity index (χ0v) is 15.3. The van der Waals surface area contributed by atoms with E-state index in [1.807, 2.05) is 42.5 Å². The van der Waals surface area contributed by atoms with Crippen LogP contribution in [0.25, 0.3) is 6.08 Å². The zero-order chi connectivity index (χ0) is 19.5. The van der Waals surface area contributed by atoms with Gasteiger partial charge in [0.15, 0.2) is 0 Å². The van der Waals surface area contributed by atoms with E-state index in [4.69, 9.17) is 15.2 Å². The number of carbonyl (C=O) groups is 2. The molecule has 1 amide bonds. The molecule has 3 N–H and O–H groups in total. The summed E-state index contributed by atoms with van der Waals surface area (Å²) in [6, 6.07) is 14.5. The number of benzene rings is 2. The molecule has 6 nitrogen and oxygen atoms in total. The van der Waals surface area contributed by atoms with Crippen molar-refractivity contribution in [3.8, 4) is 0 Å². The van der Waals surface area contributed by atoms with E-state index >= 15 is 0 Å². The van der Waals surface area contributed by atoms with Gasteiger partial charge in [-0.25, -0.2) is 9.59 Å². The second-order valence-electron chi connectivity index (χ2n) is 5.74. The third-order valence-corrected chi connectivity index (χ3v) is 3.69. The summed E-state index contributed by atoms with van der Waals surface area (Å²) in [6.45, 7) is 2.75. The monoisotopic (exact) mass is 368 g/mol. The Morgan fingerprint density at radius 2 is 1.89 bits per heavy atom. The van der Waals surface area contributed by atoms with Crippen LogP contribution in [-0.4, -0.2) is 25.2 Å². The predicted octanol–water partition coefficient (Wildman–Crippen LogP) is 3.78. The summed E-state index contributed by atoms with van der Waals surface area (Å²) in [5.74, 6) is -0.380. The average Bonchev–Trinajstić information content (AvgIpc) is 2.68. The third-order valence-electron chi connectivity index (χ3n) is 3.69. The van der Waals surface area contributed by atoms with E-state index in [2.05, 4.69) is 5.32 Å². The molecule has 27 heavy (non-hydrogen) atoms. The van der Waals surface area contributed by atoms with Crippen LogP contribution in [-0.2, 0) is 16.1 Å². The predicted molar refractivity (Wildman–Crippen MR) is 105 cm³/mol. The van der Waals surface area contributed by atoms with Gasteiger partial charge in [-0.3, -0.25) is 0 Å². The van der Waals surface area contributed by atoms with Crippen molar-refractivity contribution in [3.05, 3.63) is 71.3 Å². The van der Waals surface area contributed by atoms with Crippen molar-refractivity contribution >= 4 is 23.8 Å². The maximum absolute atomic E-state index is 11.8. The minimum absolute atomic E-state index is 0.236. The Kier molecular flexibility index (Phi) is 7.91. The minimum Gasteiger partial charge on any atom is -0.462 e. The summed E-state index contributed by atoms with van der Waals surface area (Å²) in [5.41, 5.74) is 8.61. The van der Waals surface area contributed by atoms with Gasteiger partial charge in [0.2, 0.25) is 0 Å². The molecule has 142 valence electrons. The Balaban J connectivity index is 1.76. The summed E-state index contributed by atoms with van der Waals surface area (Å²) in [5, 5.41) is 2.68. The molecule has 2 aromatic carbocycles. The first-order chi connectivity index (χ1) is 13.1. The van der Waals surface area contributed by atoms with Crippen molar-refractivity contribution in [1.29, 1.82) is 0 Å². The van der Waals surface area contributed by atoms with Gasteiger partial charge in [0.05, 0.1) is 12.2 Å². The molecule has 0 fully saturated rings. The van der Waals surface area contributed by atoms with Crippen molar-refractivity contribution < 1.29 is 19.1 Å². The SMILES string of the molecule is CCOC(=O)c1ccc(N)c(C=CCCNC(=O)OCc2ccccc2)c1. The number of amides is 1. The third kappa shape index (κ3) is 6.86. The number of nitrogen functional groups attached to an aromatic ring is 1. The van der Waals surface area contributed by atoms with Gasteiger partial charge in [0.25, 0.3) is 0 Å². The Bertz CT molecular complexity index is 788. The zero-order valence-electron chi connectivity index (χ0n) is 15.3. The van der Waals surface area contributed by atoms with E-state index in [9.17, 15) is 9.59 Å². The number of alkyl carbamates (subject to hydrolysis) is 1. The lowest BCUT2D eigenvalue weighted by atomic mass is 10.1. The number of esters is 1. The molecule has 2 aromatic rings. The largest absolute Gasteiger partial charge is 0.462 e. The molecule has 0 aliphatic heterocycles. The fraction of sp³-hybridized carbons (Fsp3) is 0.238. The van der Waals surface area contributed by atoms with E-state index < -0.39 is 6.09 Å². The molecule has 0 atom stereocenters. The van der Waals surface area contributed by atoms with Gasteiger partial charge >= 0.3 is 12.1 Å². The van der Waals surface area contributed by atoms with Crippen LogP contribution in [0.15, 0.2) is 54.6 Å². The van der Waals surface area contributed by atoms with Gasteiger partial charge in [-0.05, 0) is 42.7 Å². The van der Waals surface area contributed by atoms with Gasteiger partial charge in [-0.1, -0.05) is 42.5 Å². The molecule has 0 bridgehead atoms. The minimum atomic E-state index is -0.462. The average molecular weight is 368 g/mol. The lowest BCUT2D eigenvalue weighted by Crippen LogP contribution is -2.24. The van der Waals surface area contributed by atoms with Crippen LogP contribution in [0.2, 0.25) is 0 Å². The second-order valence-corrected chi connectivity index (χ2v) is 5.74. The van der Waals surface area contributed by atoms with E-state index in [1.165, 1.54) is 0 Å². The van der Waals surface area contributed by atoms with Crippen LogP contribution in [0.1, 0.15) is 34.8 Å². The number of anilines is 1. The highest BCUT2D eigenvalue weighted by Gasteiger charge is 2.07. The maximum atomic E-state index is 11.8. The molecule has 0 unspecified atom stereocenters. The summed E-state index contributed by atoms with van der Waals surface area (Å²) in [4.78, 5) is 23.4. The van der Waals surface area contributed by atoms with E-state index in [-0.39, 0.29) is 12.6 Å². The first kappa shape index (κ1) is 20.0. The molecular formula is C21H24N2O4. The van der Waals surface area contributed by atoms with Crippen LogP contribution in [0.4, 0.5) is 10.5 Å². The van der Waals surface area contributed by atoms with Crippen LogP contribution in [0.3, 0.4) is 0 Å². The quantitative estimate of drug-likeness (QED) is 0.420. The molecule has 0 aliphatic rings. The molecular weight excluding hydrogens is 344 g/mol. The van der Waals surface area contributed by atoms with Crippen LogP contribution >= 0.6 is 0 Å². The normalized spacial score (nSPS) is 10.6. The number of nitrogens with two attached hydrogens (primary N) is 1. The van der Waals surface area contributed by atoms with Crippen molar-refractivity contribution in [2.24, 2.45) is 0 Å². The molecule has 0 heterocycles. The van der Waals surface area contributed by atoms with Gasteiger partial charge in [0.1, 0.15) is 6.61 Å². The molecule has 0 aromatic heterocycles. The number of hydrogen-bond donors (Lipinski definition) is 2. The summed E-state index contributed by atoms with van der Waals surface area (Å²) in [7, 11) is 0. The number of ether oxygens (including phenoxy) is 2. The number of nitrogens with one attached hydrogen (secondary N) is 1. The van der Waals surface area contributed by atoms with E-state index in [0.717, 1.165) is 11.1 Å². The van der Waals surface area contributed by atoms with Crippen molar-refractivity contribution in [1.82, 2.24) is 5.32 Å². The molecule has 6 heteroatoms. The summed E-state index contributed by atoms with van der Waals surface area (Å²) >= 11 is 0. The molecule has 0 saturated heterocycles. The molecule has 0 saturated carbocycles. The molecule has 0 aliphatic carbocycles. The fourth-order valence-corrected chi connectivity index (χ4v) is 2.30. The first-order valence-corrected chi connectivity index (χ1v) is 8.78. The number of hydrogen-bond acceptors (Lipinski definition) is 5. The van der Waals surface area contributed by atoms with Crippen molar-refractivity contribution in [3.63, 3.8) is 0 Å². The first-order valence-electron chi connectivity index (χ1n) is 8.78. The molecule has 2 rings (SSSR count). The van der Waals surface area contributed by atoms with Crippen molar-refractivity contribution in [2.75, 3.05) is 18.9 Å². The maximum Gasteiger partial charge on any atom is 0.407 e. The summed E-state index contributed by atoms with van der Waals surface area (Å²) < 4.78 is 10.1. The van der Waals surface area contributed by atoms with Gasteiger partial charge in [-0.15, -0.1) is 0 Å². The smallest absolute Gasteiger partial charge is 0.407 e. The summed E-state index contributed by atoms with van der Waals surface area (Å²) in [6.07, 6.45) is 3.83. The highest BCUT2D eigenvalue weighted by atomic mass is 16.5. The fourth-order valence-electron chi connectivity index (χ4n) is 2.30.